The Morgan fingerprint density at radius 1 is 1.64 bits per heavy atom. The van der Waals surface area contributed by atoms with Crippen molar-refractivity contribution >= 4 is 5.78 Å². The molecule has 2 atom stereocenters. The van der Waals surface area contributed by atoms with E-state index < -0.39 is 6.10 Å². The summed E-state index contributed by atoms with van der Waals surface area (Å²) in [6, 6.07) is 0. The van der Waals surface area contributed by atoms with Crippen molar-refractivity contribution < 1.29 is 9.90 Å². The highest BCUT2D eigenvalue weighted by molar-refractivity contribution is 5.81. The average molecular weight is 154 g/mol. The van der Waals surface area contributed by atoms with Crippen LogP contribution in [-0.2, 0) is 4.79 Å². The van der Waals surface area contributed by atoms with E-state index in [4.69, 9.17) is 0 Å². The Bertz CT molecular complexity index is 170. The highest BCUT2D eigenvalue weighted by Crippen LogP contribution is 2.07. The van der Waals surface area contributed by atoms with Crippen LogP contribution in [0, 0.1) is 5.92 Å². The quantitative estimate of drug-likeness (QED) is 0.620. The van der Waals surface area contributed by atoms with Crippen molar-refractivity contribution in [3.05, 3.63) is 24.8 Å². The molecule has 0 aliphatic carbocycles. The second-order valence-electron chi connectivity index (χ2n) is 2.39. The number of rotatable bonds is 4. The lowest BCUT2D eigenvalue weighted by atomic mass is 9.99. The van der Waals surface area contributed by atoms with Crippen LogP contribution in [0.25, 0.3) is 0 Å². The van der Waals surface area contributed by atoms with E-state index in [2.05, 4.69) is 6.58 Å². The first-order chi connectivity index (χ1) is 5.13. The zero-order chi connectivity index (χ0) is 8.85. The third-order valence-corrected chi connectivity index (χ3v) is 1.47. The molecule has 2 heteroatoms. The third kappa shape index (κ3) is 3.14. The van der Waals surface area contributed by atoms with Gasteiger partial charge in [0.1, 0.15) is 6.10 Å². The first-order valence-electron chi connectivity index (χ1n) is 3.57. The highest BCUT2D eigenvalue weighted by atomic mass is 16.3. The zero-order valence-electron chi connectivity index (χ0n) is 6.95. The van der Waals surface area contributed by atoms with Gasteiger partial charge in [0.15, 0.2) is 5.78 Å². The van der Waals surface area contributed by atoms with Gasteiger partial charge in [-0.1, -0.05) is 18.2 Å². The molecule has 0 spiro atoms. The van der Waals surface area contributed by atoms with Gasteiger partial charge in [0, 0.05) is 5.92 Å². The highest BCUT2D eigenvalue weighted by Gasteiger charge is 2.16. The minimum Gasteiger partial charge on any atom is -0.384 e. The SMILES string of the molecule is C=C[C@H](/C=C/C)[C@@H](O)C(C)=O. The first-order valence-corrected chi connectivity index (χ1v) is 3.57. The molecular weight excluding hydrogens is 140 g/mol. The van der Waals surface area contributed by atoms with Crippen LogP contribution in [-0.4, -0.2) is 17.0 Å². The van der Waals surface area contributed by atoms with Crippen LogP contribution in [0.3, 0.4) is 0 Å². The molecular formula is C9H14O2. The Labute approximate surface area is 67.2 Å². The fourth-order valence-electron chi connectivity index (χ4n) is 0.806. The lowest BCUT2D eigenvalue weighted by molar-refractivity contribution is -0.125. The molecule has 0 rings (SSSR count). The van der Waals surface area contributed by atoms with Crippen LogP contribution in [0.1, 0.15) is 13.8 Å². The van der Waals surface area contributed by atoms with Crippen molar-refractivity contribution in [1.82, 2.24) is 0 Å². The molecule has 0 aliphatic heterocycles. The summed E-state index contributed by atoms with van der Waals surface area (Å²) in [6.07, 6.45) is 4.16. The summed E-state index contributed by atoms with van der Waals surface area (Å²) in [5.41, 5.74) is 0. The van der Waals surface area contributed by atoms with Crippen LogP contribution in [0.4, 0.5) is 0 Å². The molecule has 0 radical (unpaired) electrons. The smallest absolute Gasteiger partial charge is 0.159 e. The van der Waals surface area contributed by atoms with Crippen molar-refractivity contribution in [1.29, 1.82) is 0 Å². The Kier molecular flexibility index (Phi) is 4.46. The number of hydrogen-bond acceptors (Lipinski definition) is 2. The van der Waals surface area contributed by atoms with Gasteiger partial charge in [-0.05, 0) is 13.8 Å². The maximum absolute atomic E-state index is 10.7. The monoisotopic (exact) mass is 154 g/mol. The maximum Gasteiger partial charge on any atom is 0.159 e. The van der Waals surface area contributed by atoms with Crippen LogP contribution < -0.4 is 0 Å². The summed E-state index contributed by atoms with van der Waals surface area (Å²) < 4.78 is 0. The number of Topliss-reactive ketones (excluding diaryl/α,β-unsaturated/α-hetero) is 1. The molecule has 0 aromatic rings. The number of hydrogen-bond donors (Lipinski definition) is 1. The predicted octanol–water partition coefficient (Wildman–Crippen LogP) is 1.31. The van der Waals surface area contributed by atoms with Crippen LogP contribution >= 0.6 is 0 Å². The zero-order valence-corrected chi connectivity index (χ0v) is 6.95. The van der Waals surface area contributed by atoms with Gasteiger partial charge in [-0.2, -0.15) is 0 Å². The molecule has 0 bridgehead atoms. The van der Waals surface area contributed by atoms with E-state index >= 15 is 0 Å². The number of aliphatic hydroxyl groups is 1. The summed E-state index contributed by atoms with van der Waals surface area (Å²) in [4.78, 5) is 10.7. The lowest BCUT2D eigenvalue weighted by Crippen LogP contribution is -2.24. The molecule has 0 aliphatic rings. The van der Waals surface area contributed by atoms with Gasteiger partial charge in [0.2, 0.25) is 0 Å². The molecule has 11 heavy (non-hydrogen) atoms. The average Bonchev–Trinajstić information content (AvgIpc) is 1.98. The lowest BCUT2D eigenvalue weighted by Gasteiger charge is -2.11. The van der Waals surface area contributed by atoms with E-state index in [0.717, 1.165) is 0 Å². The van der Waals surface area contributed by atoms with Crippen molar-refractivity contribution in [3.8, 4) is 0 Å². The summed E-state index contributed by atoms with van der Waals surface area (Å²) in [5, 5.41) is 9.25. The Hall–Kier alpha value is -0.890. The van der Waals surface area contributed by atoms with Gasteiger partial charge >= 0.3 is 0 Å². The van der Waals surface area contributed by atoms with Gasteiger partial charge < -0.3 is 5.11 Å². The van der Waals surface area contributed by atoms with E-state index in [0.29, 0.717) is 0 Å². The standard InChI is InChI=1S/C9H14O2/c1-4-6-8(5-2)9(11)7(3)10/h4-6,8-9,11H,2H2,1,3H3/b6-4+/t8-,9+/m1/s1. The van der Waals surface area contributed by atoms with E-state index in [1.807, 2.05) is 6.92 Å². The molecule has 0 aromatic carbocycles. The molecule has 0 unspecified atom stereocenters. The molecule has 2 nitrogen and oxygen atoms in total. The van der Waals surface area contributed by atoms with Crippen LogP contribution in [0.15, 0.2) is 24.8 Å². The summed E-state index contributed by atoms with van der Waals surface area (Å²) >= 11 is 0. The number of ketones is 1. The second kappa shape index (κ2) is 4.85. The van der Waals surface area contributed by atoms with Crippen molar-refractivity contribution in [2.45, 2.75) is 20.0 Å². The van der Waals surface area contributed by atoms with Gasteiger partial charge in [-0.3, -0.25) is 4.79 Å². The molecule has 0 aromatic heterocycles. The van der Waals surface area contributed by atoms with Gasteiger partial charge in [-0.25, -0.2) is 0 Å². The van der Waals surface area contributed by atoms with Gasteiger partial charge in [0.05, 0.1) is 0 Å². The normalized spacial score (nSPS) is 16.3. The van der Waals surface area contributed by atoms with E-state index in [1.54, 1.807) is 18.2 Å². The first kappa shape index (κ1) is 10.1. The number of allylic oxidation sites excluding steroid dienone is 1. The Balaban J connectivity index is 4.24. The fourth-order valence-corrected chi connectivity index (χ4v) is 0.806. The van der Waals surface area contributed by atoms with Crippen LogP contribution in [0.2, 0.25) is 0 Å². The topological polar surface area (TPSA) is 37.3 Å². The van der Waals surface area contributed by atoms with Gasteiger partial charge in [-0.15, -0.1) is 6.58 Å². The van der Waals surface area contributed by atoms with Crippen LogP contribution in [0.5, 0.6) is 0 Å². The predicted molar refractivity (Wildman–Crippen MR) is 45.2 cm³/mol. The van der Waals surface area contributed by atoms with Crippen molar-refractivity contribution in [3.63, 3.8) is 0 Å². The Morgan fingerprint density at radius 2 is 2.18 bits per heavy atom. The number of carbonyl (C=O) groups excluding carboxylic acids is 1. The molecule has 62 valence electrons. The van der Waals surface area contributed by atoms with Crippen molar-refractivity contribution in [2.75, 3.05) is 0 Å². The molecule has 0 fully saturated rings. The molecule has 0 heterocycles. The van der Waals surface area contributed by atoms with E-state index in [1.165, 1.54) is 6.92 Å². The number of carbonyl (C=O) groups is 1. The molecule has 0 saturated carbocycles. The minimum absolute atomic E-state index is 0.229. The fraction of sp³-hybridized carbons (Fsp3) is 0.444. The number of aliphatic hydroxyl groups excluding tert-OH is 1. The molecule has 0 saturated heterocycles. The van der Waals surface area contributed by atoms with E-state index in [9.17, 15) is 9.90 Å². The van der Waals surface area contributed by atoms with Crippen molar-refractivity contribution in [2.24, 2.45) is 5.92 Å². The Morgan fingerprint density at radius 3 is 2.45 bits per heavy atom. The van der Waals surface area contributed by atoms with E-state index in [-0.39, 0.29) is 11.7 Å². The molecule has 1 N–H and O–H groups in total. The summed E-state index contributed by atoms with van der Waals surface area (Å²) in [7, 11) is 0. The van der Waals surface area contributed by atoms with Gasteiger partial charge in [0.25, 0.3) is 0 Å². The molecule has 0 amide bonds. The third-order valence-electron chi connectivity index (χ3n) is 1.47. The second-order valence-corrected chi connectivity index (χ2v) is 2.39. The minimum atomic E-state index is -0.941. The summed E-state index contributed by atoms with van der Waals surface area (Å²) in [6.45, 7) is 6.72. The maximum atomic E-state index is 10.7. The summed E-state index contributed by atoms with van der Waals surface area (Å²) in [5.74, 6) is -0.481. The largest absolute Gasteiger partial charge is 0.384 e.